The average Bonchev–Trinajstić information content (AvgIpc) is 2.39. The summed E-state index contributed by atoms with van der Waals surface area (Å²) in [5, 5.41) is 0. The summed E-state index contributed by atoms with van der Waals surface area (Å²) in [5.74, 6) is 0.868. The Balaban J connectivity index is 1.90. The van der Waals surface area contributed by atoms with E-state index in [0.717, 1.165) is 5.92 Å². The van der Waals surface area contributed by atoms with Gasteiger partial charge in [-0.2, -0.15) is 0 Å². The van der Waals surface area contributed by atoms with Crippen LogP contribution in [0.2, 0.25) is 0 Å². The van der Waals surface area contributed by atoms with Crippen molar-refractivity contribution in [3.63, 3.8) is 0 Å². The number of benzene rings is 1. The van der Waals surface area contributed by atoms with Crippen LogP contribution in [0, 0.1) is 5.92 Å². The molecule has 106 valence electrons. The molecule has 3 nitrogen and oxygen atoms in total. The third-order valence-corrected chi connectivity index (χ3v) is 3.97. The van der Waals surface area contributed by atoms with E-state index in [1.165, 1.54) is 43.9 Å². The van der Waals surface area contributed by atoms with Gasteiger partial charge in [-0.1, -0.05) is 0 Å². The van der Waals surface area contributed by atoms with Crippen LogP contribution in [0.3, 0.4) is 0 Å². The first-order valence-electron chi connectivity index (χ1n) is 7.23. The standard InChI is InChI=1S/C16H27N3/c1-17(2)13-14-9-11-19(12-10-14)16-7-5-15(6-8-16)18(3)4/h5-8,14H,9-13H2,1-4H3. The quantitative estimate of drug-likeness (QED) is 0.824. The molecule has 1 aliphatic heterocycles. The maximum absolute atomic E-state index is 2.52. The molecule has 1 heterocycles. The highest BCUT2D eigenvalue weighted by Crippen LogP contribution is 2.25. The van der Waals surface area contributed by atoms with Gasteiger partial charge in [0.05, 0.1) is 0 Å². The van der Waals surface area contributed by atoms with E-state index in [-0.39, 0.29) is 0 Å². The monoisotopic (exact) mass is 261 g/mol. The van der Waals surface area contributed by atoms with Crippen LogP contribution in [-0.4, -0.2) is 52.7 Å². The Morgan fingerprint density at radius 1 is 1.00 bits per heavy atom. The molecule has 0 N–H and O–H groups in total. The molecule has 0 spiro atoms. The lowest BCUT2D eigenvalue weighted by Crippen LogP contribution is -2.37. The normalized spacial score (nSPS) is 17.0. The van der Waals surface area contributed by atoms with E-state index in [9.17, 15) is 0 Å². The Bertz CT molecular complexity index is 375. The molecule has 0 radical (unpaired) electrons. The third-order valence-electron chi connectivity index (χ3n) is 3.97. The maximum Gasteiger partial charge on any atom is 0.0367 e. The van der Waals surface area contributed by atoms with Gasteiger partial charge in [-0.15, -0.1) is 0 Å². The third kappa shape index (κ3) is 3.87. The molecule has 0 atom stereocenters. The van der Waals surface area contributed by atoms with E-state index < -0.39 is 0 Å². The van der Waals surface area contributed by atoms with Crippen LogP contribution >= 0.6 is 0 Å². The lowest BCUT2D eigenvalue weighted by molar-refractivity contribution is 0.285. The van der Waals surface area contributed by atoms with Gasteiger partial charge < -0.3 is 14.7 Å². The molecular weight excluding hydrogens is 234 g/mol. The van der Waals surface area contributed by atoms with Crippen molar-refractivity contribution in [2.24, 2.45) is 5.92 Å². The Labute approximate surface area is 117 Å². The zero-order chi connectivity index (χ0) is 13.8. The number of nitrogens with zero attached hydrogens (tertiary/aromatic N) is 3. The molecule has 1 fully saturated rings. The van der Waals surface area contributed by atoms with Crippen molar-refractivity contribution in [3.8, 4) is 0 Å². The van der Waals surface area contributed by atoms with Crippen LogP contribution in [0.15, 0.2) is 24.3 Å². The van der Waals surface area contributed by atoms with Crippen LogP contribution < -0.4 is 9.80 Å². The van der Waals surface area contributed by atoms with Crippen molar-refractivity contribution in [1.82, 2.24) is 4.90 Å². The second-order valence-electron chi connectivity index (χ2n) is 6.10. The number of hydrogen-bond donors (Lipinski definition) is 0. The van der Waals surface area contributed by atoms with Gasteiger partial charge in [0.15, 0.2) is 0 Å². The number of hydrogen-bond acceptors (Lipinski definition) is 3. The summed E-state index contributed by atoms with van der Waals surface area (Å²) in [6.45, 7) is 3.62. The average molecular weight is 261 g/mol. The number of rotatable bonds is 4. The molecule has 0 saturated carbocycles. The predicted octanol–water partition coefficient (Wildman–Crippen LogP) is 2.53. The molecule has 1 aromatic carbocycles. The molecule has 0 bridgehead atoms. The second-order valence-corrected chi connectivity index (χ2v) is 6.10. The van der Waals surface area contributed by atoms with Crippen molar-refractivity contribution in [3.05, 3.63) is 24.3 Å². The van der Waals surface area contributed by atoms with Crippen molar-refractivity contribution in [2.75, 3.05) is 57.6 Å². The molecule has 1 aromatic rings. The van der Waals surface area contributed by atoms with Crippen LogP contribution in [-0.2, 0) is 0 Å². The minimum absolute atomic E-state index is 0.868. The largest absolute Gasteiger partial charge is 0.378 e. The maximum atomic E-state index is 2.52. The Hall–Kier alpha value is -1.22. The van der Waals surface area contributed by atoms with E-state index in [2.05, 4.69) is 67.2 Å². The molecule has 0 aliphatic carbocycles. The SMILES string of the molecule is CN(C)CC1CCN(c2ccc(N(C)C)cc2)CC1. The van der Waals surface area contributed by atoms with Crippen molar-refractivity contribution >= 4 is 11.4 Å². The molecule has 2 rings (SSSR count). The fourth-order valence-electron chi connectivity index (χ4n) is 2.85. The first-order chi connectivity index (χ1) is 9.06. The number of piperidine rings is 1. The van der Waals surface area contributed by atoms with Crippen LogP contribution in [0.1, 0.15) is 12.8 Å². The summed E-state index contributed by atoms with van der Waals surface area (Å²) in [4.78, 5) is 6.98. The summed E-state index contributed by atoms with van der Waals surface area (Å²) in [6, 6.07) is 8.92. The Morgan fingerprint density at radius 3 is 2.05 bits per heavy atom. The first kappa shape index (κ1) is 14.2. The van der Waals surface area contributed by atoms with Gasteiger partial charge in [0.25, 0.3) is 0 Å². The van der Waals surface area contributed by atoms with Crippen molar-refractivity contribution < 1.29 is 0 Å². The molecule has 0 unspecified atom stereocenters. The molecule has 0 amide bonds. The molecule has 1 aliphatic rings. The van der Waals surface area contributed by atoms with Crippen molar-refractivity contribution in [2.45, 2.75) is 12.8 Å². The molecule has 0 aromatic heterocycles. The Morgan fingerprint density at radius 2 is 1.58 bits per heavy atom. The fourth-order valence-corrected chi connectivity index (χ4v) is 2.85. The first-order valence-corrected chi connectivity index (χ1v) is 7.23. The van der Waals surface area contributed by atoms with E-state index >= 15 is 0 Å². The van der Waals surface area contributed by atoms with Gasteiger partial charge in [-0.3, -0.25) is 0 Å². The molecular formula is C16H27N3. The van der Waals surface area contributed by atoms with Gasteiger partial charge in [-0.05, 0) is 57.1 Å². The lowest BCUT2D eigenvalue weighted by Gasteiger charge is -2.34. The van der Waals surface area contributed by atoms with Crippen molar-refractivity contribution in [1.29, 1.82) is 0 Å². The minimum atomic E-state index is 0.868. The zero-order valence-corrected chi connectivity index (χ0v) is 12.8. The molecule has 1 saturated heterocycles. The molecule has 3 heteroatoms. The second kappa shape index (κ2) is 6.29. The smallest absolute Gasteiger partial charge is 0.0367 e. The highest BCUT2D eigenvalue weighted by atomic mass is 15.1. The van der Waals surface area contributed by atoms with Crippen LogP contribution in [0.4, 0.5) is 11.4 Å². The fraction of sp³-hybridized carbons (Fsp3) is 0.625. The van der Waals surface area contributed by atoms with Crippen LogP contribution in [0.25, 0.3) is 0 Å². The van der Waals surface area contributed by atoms with Gasteiger partial charge >= 0.3 is 0 Å². The van der Waals surface area contributed by atoms with Gasteiger partial charge in [0, 0.05) is 45.1 Å². The Kier molecular flexibility index (Phi) is 4.70. The lowest BCUT2D eigenvalue weighted by atomic mass is 9.96. The van der Waals surface area contributed by atoms with E-state index in [4.69, 9.17) is 0 Å². The van der Waals surface area contributed by atoms with E-state index in [0.29, 0.717) is 0 Å². The summed E-state index contributed by atoms with van der Waals surface area (Å²) in [6.07, 6.45) is 2.63. The predicted molar refractivity (Wildman–Crippen MR) is 84.3 cm³/mol. The van der Waals surface area contributed by atoms with E-state index in [1.807, 2.05) is 0 Å². The van der Waals surface area contributed by atoms with Gasteiger partial charge in [-0.25, -0.2) is 0 Å². The minimum Gasteiger partial charge on any atom is -0.378 e. The summed E-state index contributed by atoms with van der Waals surface area (Å²) in [5.41, 5.74) is 2.64. The number of anilines is 2. The van der Waals surface area contributed by atoms with E-state index in [1.54, 1.807) is 0 Å². The van der Waals surface area contributed by atoms with Gasteiger partial charge in [0.1, 0.15) is 0 Å². The highest BCUT2D eigenvalue weighted by Gasteiger charge is 2.19. The van der Waals surface area contributed by atoms with Gasteiger partial charge in [0.2, 0.25) is 0 Å². The topological polar surface area (TPSA) is 9.72 Å². The summed E-state index contributed by atoms with van der Waals surface area (Å²) in [7, 11) is 8.52. The summed E-state index contributed by atoms with van der Waals surface area (Å²) < 4.78 is 0. The zero-order valence-electron chi connectivity index (χ0n) is 12.8. The van der Waals surface area contributed by atoms with Crippen LogP contribution in [0.5, 0.6) is 0 Å². The summed E-state index contributed by atoms with van der Waals surface area (Å²) >= 11 is 0. The highest BCUT2D eigenvalue weighted by molar-refractivity contribution is 5.55. The molecule has 19 heavy (non-hydrogen) atoms.